The van der Waals surface area contributed by atoms with Gasteiger partial charge in [-0.1, -0.05) is 54.5 Å². The first-order valence-electron chi connectivity index (χ1n) is 12.6. The van der Waals surface area contributed by atoms with Crippen molar-refractivity contribution in [3.63, 3.8) is 0 Å². The summed E-state index contributed by atoms with van der Waals surface area (Å²) in [6.45, 7) is 8.17. The number of likely N-dealkylation sites (N-methyl/N-ethyl adjacent to an activating group) is 1. The molecule has 3 atom stereocenters. The van der Waals surface area contributed by atoms with Crippen molar-refractivity contribution in [2.75, 3.05) is 26.7 Å². The maximum absolute atomic E-state index is 13.9. The SMILES string of the molecule is Cc1noc(C)c1C(=O)N(C)C[C@H]1OCc2ccccc2-c2ccccc2C(=O)N([C@@H](C)CO)C[C@H]1C. The van der Waals surface area contributed by atoms with Gasteiger partial charge in [0.05, 0.1) is 31.1 Å². The van der Waals surface area contributed by atoms with Crippen LogP contribution in [-0.2, 0) is 11.3 Å². The fraction of sp³-hybridized carbons (Fsp3) is 0.414. The second-order valence-corrected chi connectivity index (χ2v) is 9.90. The predicted molar refractivity (Wildman–Crippen MR) is 140 cm³/mol. The van der Waals surface area contributed by atoms with E-state index >= 15 is 0 Å². The zero-order valence-corrected chi connectivity index (χ0v) is 22.1. The molecule has 0 saturated carbocycles. The number of aryl methyl sites for hydroxylation is 2. The summed E-state index contributed by atoms with van der Waals surface area (Å²) >= 11 is 0. The van der Waals surface area contributed by atoms with Crippen molar-refractivity contribution in [3.8, 4) is 11.1 Å². The Morgan fingerprint density at radius 1 is 1.14 bits per heavy atom. The summed E-state index contributed by atoms with van der Waals surface area (Å²) in [5, 5.41) is 13.9. The molecular formula is C29H35N3O5. The Hall–Kier alpha value is -3.49. The molecule has 0 fully saturated rings. The molecule has 2 aromatic carbocycles. The van der Waals surface area contributed by atoms with E-state index < -0.39 is 0 Å². The highest BCUT2D eigenvalue weighted by atomic mass is 16.5. The lowest BCUT2D eigenvalue weighted by atomic mass is 9.94. The van der Waals surface area contributed by atoms with Crippen molar-refractivity contribution >= 4 is 11.8 Å². The van der Waals surface area contributed by atoms with E-state index in [9.17, 15) is 14.7 Å². The van der Waals surface area contributed by atoms with Gasteiger partial charge in [-0.25, -0.2) is 0 Å². The first-order valence-corrected chi connectivity index (χ1v) is 12.6. The first-order chi connectivity index (χ1) is 17.7. The molecule has 0 radical (unpaired) electrons. The normalized spacial score (nSPS) is 19.0. The van der Waals surface area contributed by atoms with Gasteiger partial charge in [0.15, 0.2) is 0 Å². The summed E-state index contributed by atoms with van der Waals surface area (Å²) in [7, 11) is 1.73. The zero-order valence-electron chi connectivity index (χ0n) is 22.1. The summed E-state index contributed by atoms with van der Waals surface area (Å²) in [4.78, 5) is 30.5. The minimum absolute atomic E-state index is 0.129. The van der Waals surface area contributed by atoms with Gasteiger partial charge in [0.2, 0.25) is 0 Å². The number of carbonyl (C=O) groups excluding carboxylic acids is 2. The molecule has 8 heteroatoms. The molecule has 0 bridgehead atoms. The Bertz CT molecular complexity index is 1250. The van der Waals surface area contributed by atoms with Gasteiger partial charge >= 0.3 is 0 Å². The molecule has 0 spiro atoms. The van der Waals surface area contributed by atoms with E-state index in [2.05, 4.69) is 5.16 Å². The van der Waals surface area contributed by atoms with Crippen LogP contribution in [0.5, 0.6) is 0 Å². The van der Waals surface area contributed by atoms with Crippen LogP contribution in [0.15, 0.2) is 53.1 Å². The summed E-state index contributed by atoms with van der Waals surface area (Å²) in [6.07, 6.45) is -0.370. The lowest BCUT2D eigenvalue weighted by Crippen LogP contribution is -2.47. The van der Waals surface area contributed by atoms with Crippen LogP contribution >= 0.6 is 0 Å². The van der Waals surface area contributed by atoms with E-state index in [1.54, 1.807) is 30.7 Å². The maximum Gasteiger partial charge on any atom is 0.259 e. The topological polar surface area (TPSA) is 96.1 Å². The van der Waals surface area contributed by atoms with E-state index in [0.29, 0.717) is 42.3 Å². The van der Waals surface area contributed by atoms with Crippen LogP contribution in [0.2, 0.25) is 0 Å². The Morgan fingerprint density at radius 3 is 2.43 bits per heavy atom. The summed E-state index contributed by atoms with van der Waals surface area (Å²) < 4.78 is 11.7. The summed E-state index contributed by atoms with van der Waals surface area (Å²) in [5.74, 6) is 0.0201. The predicted octanol–water partition coefficient (Wildman–Crippen LogP) is 4.09. The molecule has 2 heterocycles. The van der Waals surface area contributed by atoms with Crippen LogP contribution in [0.1, 0.15) is 51.6 Å². The third kappa shape index (κ3) is 5.45. The van der Waals surface area contributed by atoms with Crippen LogP contribution in [0.25, 0.3) is 11.1 Å². The zero-order chi connectivity index (χ0) is 26.7. The second kappa shape index (κ2) is 11.3. The molecule has 1 N–H and O–H groups in total. The van der Waals surface area contributed by atoms with Crippen molar-refractivity contribution in [1.82, 2.24) is 15.0 Å². The maximum atomic E-state index is 13.9. The summed E-state index contributed by atoms with van der Waals surface area (Å²) in [5.41, 5.74) is 4.31. The molecule has 196 valence electrons. The number of aliphatic hydroxyl groups excluding tert-OH is 1. The monoisotopic (exact) mass is 505 g/mol. The van der Waals surface area contributed by atoms with Crippen molar-refractivity contribution in [3.05, 3.63) is 76.7 Å². The molecule has 37 heavy (non-hydrogen) atoms. The molecule has 0 aliphatic carbocycles. The Balaban J connectivity index is 1.72. The van der Waals surface area contributed by atoms with E-state index in [1.807, 2.05) is 62.4 Å². The number of nitrogens with zero attached hydrogens (tertiary/aromatic N) is 3. The number of hydrogen-bond acceptors (Lipinski definition) is 6. The Kier molecular flexibility index (Phi) is 8.10. The van der Waals surface area contributed by atoms with Gasteiger partial charge in [-0.15, -0.1) is 0 Å². The molecule has 8 nitrogen and oxygen atoms in total. The average Bonchev–Trinajstić information content (AvgIpc) is 3.24. The van der Waals surface area contributed by atoms with E-state index in [-0.39, 0.29) is 36.5 Å². The first kappa shape index (κ1) is 26.6. The molecule has 2 amide bonds. The number of benzene rings is 2. The van der Waals surface area contributed by atoms with Gasteiger partial charge in [0.1, 0.15) is 11.3 Å². The van der Waals surface area contributed by atoms with Gasteiger partial charge in [-0.2, -0.15) is 0 Å². The molecule has 3 aromatic rings. The Labute approximate surface area is 217 Å². The lowest BCUT2D eigenvalue weighted by Gasteiger charge is -2.35. The van der Waals surface area contributed by atoms with Crippen molar-refractivity contribution in [2.45, 2.75) is 46.4 Å². The average molecular weight is 506 g/mol. The number of carbonyl (C=O) groups is 2. The number of fused-ring (bicyclic) bond motifs is 3. The van der Waals surface area contributed by atoms with Gasteiger partial charge in [-0.3, -0.25) is 9.59 Å². The van der Waals surface area contributed by atoms with Crippen molar-refractivity contribution < 1.29 is 24.0 Å². The van der Waals surface area contributed by atoms with Gasteiger partial charge in [0, 0.05) is 31.6 Å². The molecule has 1 aliphatic rings. The smallest absolute Gasteiger partial charge is 0.259 e. The fourth-order valence-electron chi connectivity index (χ4n) is 4.88. The number of aliphatic hydroxyl groups is 1. The number of ether oxygens (including phenoxy) is 1. The van der Waals surface area contributed by atoms with E-state index in [4.69, 9.17) is 9.26 Å². The third-order valence-corrected chi connectivity index (χ3v) is 7.14. The van der Waals surface area contributed by atoms with Crippen LogP contribution in [0, 0.1) is 19.8 Å². The van der Waals surface area contributed by atoms with Gasteiger partial charge in [0.25, 0.3) is 11.8 Å². The number of amides is 2. The molecule has 0 saturated heterocycles. The highest BCUT2D eigenvalue weighted by molar-refractivity contribution is 6.01. The van der Waals surface area contributed by atoms with Crippen LogP contribution in [0.3, 0.4) is 0 Å². The minimum Gasteiger partial charge on any atom is -0.394 e. The molecule has 4 rings (SSSR count). The largest absolute Gasteiger partial charge is 0.394 e. The van der Waals surface area contributed by atoms with Crippen LogP contribution in [-0.4, -0.2) is 70.8 Å². The second-order valence-electron chi connectivity index (χ2n) is 9.90. The van der Waals surface area contributed by atoms with E-state index in [0.717, 1.165) is 16.7 Å². The van der Waals surface area contributed by atoms with Crippen molar-refractivity contribution in [1.29, 1.82) is 0 Å². The third-order valence-electron chi connectivity index (χ3n) is 7.14. The molecule has 0 unspecified atom stereocenters. The lowest BCUT2D eigenvalue weighted by molar-refractivity contribution is -0.0209. The minimum atomic E-state index is -0.388. The number of hydrogen-bond donors (Lipinski definition) is 1. The Morgan fingerprint density at radius 2 is 1.78 bits per heavy atom. The quantitative estimate of drug-likeness (QED) is 0.561. The molecular weight excluding hydrogens is 470 g/mol. The molecule has 1 aromatic heterocycles. The number of rotatable bonds is 5. The fourth-order valence-corrected chi connectivity index (χ4v) is 4.88. The highest BCUT2D eigenvalue weighted by Crippen LogP contribution is 2.31. The van der Waals surface area contributed by atoms with Gasteiger partial charge in [-0.05, 0) is 43.5 Å². The van der Waals surface area contributed by atoms with Crippen LogP contribution in [0.4, 0.5) is 0 Å². The highest BCUT2D eigenvalue weighted by Gasteiger charge is 2.32. The standard InChI is InChI=1S/C29H35N3O5/c1-18-14-32(19(2)16-33)28(34)25-13-9-8-12-24(25)23-11-7-6-10-22(23)17-36-26(18)15-31(5)29(35)27-20(3)30-37-21(27)4/h6-13,18-19,26,33H,14-17H2,1-5H3/t18-,19+,26-/m1/s1. The van der Waals surface area contributed by atoms with Crippen LogP contribution < -0.4 is 0 Å². The van der Waals surface area contributed by atoms with Gasteiger partial charge < -0.3 is 24.2 Å². The molecule has 1 aliphatic heterocycles. The van der Waals surface area contributed by atoms with Crippen molar-refractivity contribution in [2.24, 2.45) is 5.92 Å². The van der Waals surface area contributed by atoms with E-state index in [1.165, 1.54) is 0 Å². The summed E-state index contributed by atoms with van der Waals surface area (Å²) in [6, 6.07) is 15.1. The number of aromatic nitrogens is 1.